The first-order valence-corrected chi connectivity index (χ1v) is 5.45. The molecule has 0 amide bonds. The second-order valence-electron chi connectivity index (χ2n) is 5.06. The molecule has 0 aliphatic rings. The minimum atomic E-state index is -0.622. The topological polar surface area (TPSA) is 26.3 Å². The van der Waals surface area contributed by atoms with Crippen LogP contribution in [0.1, 0.15) is 48.0 Å². The van der Waals surface area contributed by atoms with Crippen molar-refractivity contribution < 1.29 is 9.53 Å². The van der Waals surface area contributed by atoms with Gasteiger partial charge in [0.2, 0.25) is 0 Å². The summed E-state index contributed by atoms with van der Waals surface area (Å²) in [7, 11) is 0. The SMILES string of the molecule is CC(C)CCOC(C)(C)C(=O)C(C)C. The molecule has 0 radical (unpaired) electrons. The minimum absolute atomic E-state index is 0.0454. The van der Waals surface area contributed by atoms with E-state index >= 15 is 0 Å². The molecule has 0 rings (SSSR count). The third-order valence-electron chi connectivity index (χ3n) is 2.28. The summed E-state index contributed by atoms with van der Waals surface area (Å²) in [6, 6.07) is 0. The van der Waals surface area contributed by atoms with Crippen molar-refractivity contribution in [3.63, 3.8) is 0 Å². The Labute approximate surface area is 88.0 Å². The quantitative estimate of drug-likeness (QED) is 0.658. The number of ether oxygens (including phenoxy) is 1. The molecule has 0 aliphatic heterocycles. The average Bonchev–Trinajstić information content (AvgIpc) is 2.01. The van der Waals surface area contributed by atoms with E-state index in [0.29, 0.717) is 12.5 Å². The van der Waals surface area contributed by atoms with Crippen LogP contribution < -0.4 is 0 Å². The molecule has 0 bridgehead atoms. The average molecular weight is 200 g/mol. The largest absolute Gasteiger partial charge is 0.368 e. The molecule has 0 saturated heterocycles. The third-order valence-corrected chi connectivity index (χ3v) is 2.28. The Morgan fingerprint density at radius 2 is 1.71 bits per heavy atom. The lowest BCUT2D eigenvalue weighted by Gasteiger charge is -2.26. The fraction of sp³-hybridized carbons (Fsp3) is 0.917. The van der Waals surface area contributed by atoms with Crippen molar-refractivity contribution in [3.8, 4) is 0 Å². The van der Waals surface area contributed by atoms with E-state index in [2.05, 4.69) is 13.8 Å². The summed E-state index contributed by atoms with van der Waals surface area (Å²) in [5.41, 5.74) is -0.622. The normalized spacial score (nSPS) is 12.6. The Morgan fingerprint density at radius 3 is 2.07 bits per heavy atom. The highest BCUT2D eigenvalue weighted by Crippen LogP contribution is 2.17. The van der Waals surface area contributed by atoms with Gasteiger partial charge in [-0.15, -0.1) is 0 Å². The maximum atomic E-state index is 11.7. The summed E-state index contributed by atoms with van der Waals surface area (Å²) in [6.45, 7) is 12.5. The van der Waals surface area contributed by atoms with Crippen LogP contribution in [0.3, 0.4) is 0 Å². The van der Waals surface area contributed by atoms with Crippen molar-refractivity contribution in [2.24, 2.45) is 11.8 Å². The molecule has 0 atom stereocenters. The van der Waals surface area contributed by atoms with Crippen LogP contribution in [0.15, 0.2) is 0 Å². The lowest BCUT2D eigenvalue weighted by Crippen LogP contribution is -2.38. The fourth-order valence-electron chi connectivity index (χ4n) is 1.32. The molecule has 84 valence electrons. The predicted octanol–water partition coefficient (Wildman–Crippen LogP) is 3.05. The maximum absolute atomic E-state index is 11.7. The van der Waals surface area contributed by atoms with Gasteiger partial charge in [-0.1, -0.05) is 27.7 Å². The molecule has 0 fully saturated rings. The van der Waals surface area contributed by atoms with Gasteiger partial charge >= 0.3 is 0 Å². The van der Waals surface area contributed by atoms with Gasteiger partial charge in [0.05, 0.1) is 0 Å². The molecule has 2 nitrogen and oxygen atoms in total. The molecule has 0 heterocycles. The number of Topliss-reactive ketones (excluding diaryl/α,β-unsaturated/α-hetero) is 1. The van der Waals surface area contributed by atoms with E-state index in [1.54, 1.807) is 0 Å². The molecule has 0 aromatic rings. The zero-order valence-electron chi connectivity index (χ0n) is 10.4. The van der Waals surface area contributed by atoms with Crippen LogP contribution in [0.5, 0.6) is 0 Å². The summed E-state index contributed by atoms with van der Waals surface area (Å²) in [5.74, 6) is 0.852. The first-order valence-electron chi connectivity index (χ1n) is 5.45. The van der Waals surface area contributed by atoms with Gasteiger partial charge in [-0.3, -0.25) is 4.79 Å². The van der Waals surface area contributed by atoms with Crippen molar-refractivity contribution in [1.29, 1.82) is 0 Å². The van der Waals surface area contributed by atoms with Crippen LogP contribution >= 0.6 is 0 Å². The molecule has 0 aromatic carbocycles. The molecule has 14 heavy (non-hydrogen) atoms. The molecule has 0 aliphatic carbocycles. The van der Waals surface area contributed by atoms with Gasteiger partial charge in [-0.2, -0.15) is 0 Å². The van der Waals surface area contributed by atoms with Crippen LogP contribution in [0.25, 0.3) is 0 Å². The summed E-state index contributed by atoms with van der Waals surface area (Å²) >= 11 is 0. The predicted molar refractivity (Wildman–Crippen MR) is 59.3 cm³/mol. The fourth-order valence-corrected chi connectivity index (χ4v) is 1.32. The Morgan fingerprint density at radius 1 is 1.21 bits per heavy atom. The van der Waals surface area contributed by atoms with Crippen molar-refractivity contribution in [2.75, 3.05) is 6.61 Å². The zero-order chi connectivity index (χ0) is 11.4. The van der Waals surface area contributed by atoms with Gasteiger partial charge in [-0.25, -0.2) is 0 Å². The van der Waals surface area contributed by atoms with Gasteiger partial charge in [0.15, 0.2) is 5.78 Å². The smallest absolute Gasteiger partial charge is 0.166 e. The first kappa shape index (κ1) is 13.6. The van der Waals surface area contributed by atoms with Crippen LogP contribution in [-0.2, 0) is 9.53 Å². The lowest BCUT2D eigenvalue weighted by atomic mass is 9.94. The van der Waals surface area contributed by atoms with Crippen molar-refractivity contribution >= 4 is 5.78 Å². The molecular weight excluding hydrogens is 176 g/mol. The maximum Gasteiger partial charge on any atom is 0.166 e. The van der Waals surface area contributed by atoms with E-state index in [-0.39, 0.29) is 11.7 Å². The van der Waals surface area contributed by atoms with Crippen LogP contribution in [-0.4, -0.2) is 18.0 Å². The number of hydrogen-bond donors (Lipinski definition) is 0. The third kappa shape index (κ3) is 4.75. The van der Waals surface area contributed by atoms with Gasteiger partial charge in [-0.05, 0) is 26.2 Å². The van der Waals surface area contributed by atoms with E-state index in [9.17, 15) is 4.79 Å². The van der Waals surface area contributed by atoms with Crippen LogP contribution in [0.2, 0.25) is 0 Å². The second-order valence-corrected chi connectivity index (χ2v) is 5.06. The summed E-state index contributed by atoms with van der Waals surface area (Å²) < 4.78 is 5.61. The Kier molecular flexibility index (Phi) is 5.35. The standard InChI is InChI=1S/C12H24O2/c1-9(2)7-8-14-12(5,6)11(13)10(3)4/h9-10H,7-8H2,1-6H3. The van der Waals surface area contributed by atoms with Crippen molar-refractivity contribution in [1.82, 2.24) is 0 Å². The van der Waals surface area contributed by atoms with Gasteiger partial charge < -0.3 is 4.74 Å². The number of rotatable bonds is 6. The summed E-state index contributed by atoms with van der Waals surface area (Å²) in [5, 5.41) is 0. The number of carbonyl (C=O) groups excluding carboxylic acids is 1. The van der Waals surface area contributed by atoms with E-state index in [1.165, 1.54) is 0 Å². The monoisotopic (exact) mass is 200 g/mol. The second kappa shape index (κ2) is 5.50. The van der Waals surface area contributed by atoms with Gasteiger partial charge in [0, 0.05) is 12.5 Å². The summed E-state index contributed by atoms with van der Waals surface area (Å²) in [6.07, 6.45) is 1.01. The number of hydrogen-bond acceptors (Lipinski definition) is 2. The van der Waals surface area contributed by atoms with Crippen molar-refractivity contribution in [3.05, 3.63) is 0 Å². The Balaban J connectivity index is 4.01. The van der Waals surface area contributed by atoms with E-state index < -0.39 is 5.60 Å². The first-order chi connectivity index (χ1) is 6.27. The van der Waals surface area contributed by atoms with Crippen molar-refractivity contribution in [2.45, 2.75) is 53.6 Å². The highest BCUT2D eigenvalue weighted by Gasteiger charge is 2.29. The van der Waals surface area contributed by atoms with E-state index in [0.717, 1.165) is 6.42 Å². The van der Waals surface area contributed by atoms with Crippen LogP contribution in [0.4, 0.5) is 0 Å². The zero-order valence-corrected chi connectivity index (χ0v) is 10.4. The van der Waals surface area contributed by atoms with E-state index in [1.807, 2.05) is 27.7 Å². The van der Waals surface area contributed by atoms with Gasteiger partial charge in [0.1, 0.15) is 5.60 Å². The van der Waals surface area contributed by atoms with Gasteiger partial charge in [0.25, 0.3) is 0 Å². The molecule has 0 N–H and O–H groups in total. The molecule has 2 heteroatoms. The lowest BCUT2D eigenvalue weighted by molar-refractivity contribution is -0.144. The highest BCUT2D eigenvalue weighted by atomic mass is 16.5. The molecule has 0 spiro atoms. The van der Waals surface area contributed by atoms with E-state index in [4.69, 9.17) is 4.74 Å². The Bertz CT molecular complexity index is 181. The molecular formula is C12H24O2. The number of carbonyl (C=O) groups is 1. The molecule has 0 saturated carbocycles. The Hall–Kier alpha value is -0.370. The number of ketones is 1. The summed E-state index contributed by atoms with van der Waals surface area (Å²) in [4.78, 5) is 11.7. The minimum Gasteiger partial charge on any atom is -0.368 e. The van der Waals surface area contributed by atoms with Crippen LogP contribution in [0, 0.1) is 11.8 Å². The molecule has 0 aromatic heterocycles. The highest BCUT2D eigenvalue weighted by molar-refractivity contribution is 5.88. The molecule has 0 unspecified atom stereocenters.